The van der Waals surface area contributed by atoms with Crippen LogP contribution in [0.5, 0.6) is 5.75 Å². The molecule has 0 saturated carbocycles. The van der Waals surface area contributed by atoms with E-state index in [1.165, 1.54) is 13.2 Å². The monoisotopic (exact) mass is 310 g/mol. The molecule has 0 bridgehead atoms. The summed E-state index contributed by atoms with van der Waals surface area (Å²) in [4.78, 5) is 4.30. The topological polar surface area (TPSA) is 34.1 Å². The Hall–Kier alpha value is -1.62. The fraction of sp³-hybridized carbons (Fsp3) is 0.154. The second-order valence-corrected chi connectivity index (χ2v) is 4.47. The molecule has 1 aromatic carbocycles. The Morgan fingerprint density at radius 1 is 1.33 bits per heavy atom. The van der Waals surface area contributed by atoms with Crippen molar-refractivity contribution in [1.82, 2.24) is 4.98 Å². The lowest BCUT2D eigenvalue weighted by Gasteiger charge is -2.08. The molecule has 0 fully saturated rings. The molecule has 3 nitrogen and oxygen atoms in total. The molecule has 1 N–H and O–H groups in total. The van der Waals surface area contributed by atoms with E-state index in [2.05, 4.69) is 26.2 Å². The van der Waals surface area contributed by atoms with E-state index in [1.54, 1.807) is 12.1 Å². The summed E-state index contributed by atoms with van der Waals surface area (Å²) in [5, 5.41) is 3.16. The minimum Gasteiger partial charge on any atom is -0.494 e. The van der Waals surface area contributed by atoms with Gasteiger partial charge < -0.3 is 10.1 Å². The number of hydrogen-bond acceptors (Lipinski definition) is 3. The fourth-order valence-electron chi connectivity index (χ4n) is 1.51. The van der Waals surface area contributed by atoms with Gasteiger partial charge >= 0.3 is 0 Å². The minimum absolute atomic E-state index is 0.224. The molecular formula is C13H12BrFN2O. The van der Waals surface area contributed by atoms with Gasteiger partial charge in [0.1, 0.15) is 4.60 Å². The summed E-state index contributed by atoms with van der Waals surface area (Å²) >= 11 is 3.31. The van der Waals surface area contributed by atoms with Crippen LogP contribution in [-0.2, 0) is 6.54 Å². The lowest BCUT2D eigenvalue weighted by Crippen LogP contribution is -2.02. The van der Waals surface area contributed by atoms with E-state index in [4.69, 9.17) is 4.74 Å². The van der Waals surface area contributed by atoms with Crippen molar-refractivity contribution in [2.45, 2.75) is 6.54 Å². The Kier molecular flexibility index (Phi) is 4.15. The van der Waals surface area contributed by atoms with Crippen LogP contribution in [0, 0.1) is 5.82 Å². The molecule has 0 radical (unpaired) electrons. The number of methoxy groups -OCH3 is 1. The lowest BCUT2D eigenvalue weighted by molar-refractivity contribution is 0.387. The Bertz CT molecular complexity index is 548. The van der Waals surface area contributed by atoms with E-state index in [0.717, 1.165) is 16.0 Å². The number of pyridine rings is 1. The molecule has 0 aliphatic heterocycles. The van der Waals surface area contributed by atoms with Crippen LogP contribution in [0.2, 0.25) is 0 Å². The SMILES string of the molecule is COc1cc(NCc2cccc(Br)n2)ccc1F. The predicted molar refractivity (Wildman–Crippen MR) is 72.2 cm³/mol. The lowest BCUT2D eigenvalue weighted by atomic mass is 10.2. The van der Waals surface area contributed by atoms with Crippen molar-refractivity contribution in [3.63, 3.8) is 0 Å². The molecule has 5 heteroatoms. The van der Waals surface area contributed by atoms with Crippen LogP contribution in [-0.4, -0.2) is 12.1 Å². The molecule has 2 aromatic rings. The van der Waals surface area contributed by atoms with Crippen LogP contribution in [0.25, 0.3) is 0 Å². The van der Waals surface area contributed by atoms with E-state index >= 15 is 0 Å². The van der Waals surface area contributed by atoms with Gasteiger partial charge in [0.05, 0.1) is 19.3 Å². The smallest absolute Gasteiger partial charge is 0.165 e. The van der Waals surface area contributed by atoms with Crippen molar-refractivity contribution >= 4 is 21.6 Å². The van der Waals surface area contributed by atoms with Gasteiger partial charge in [0.25, 0.3) is 0 Å². The first-order chi connectivity index (χ1) is 8.69. The molecule has 1 heterocycles. The Labute approximate surface area is 113 Å². The molecule has 0 amide bonds. The largest absolute Gasteiger partial charge is 0.494 e. The van der Waals surface area contributed by atoms with Gasteiger partial charge in [-0.05, 0) is 40.2 Å². The van der Waals surface area contributed by atoms with Crippen molar-refractivity contribution < 1.29 is 9.13 Å². The third-order valence-electron chi connectivity index (χ3n) is 2.40. The average molecular weight is 311 g/mol. The third-order valence-corrected chi connectivity index (χ3v) is 2.84. The number of nitrogens with one attached hydrogen (secondary N) is 1. The molecule has 2 rings (SSSR count). The quantitative estimate of drug-likeness (QED) is 0.876. The molecule has 0 atom stereocenters. The van der Waals surface area contributed by atoms with Crippen molar-refractivity contribution in [1.29, 1.82) is 0 Å². The maximum atomic E-state index is 13.2. The summed E-state index contributed by atoms with van der Waals surface area (Å²) in [7, 11) is 1.44. The van der Waals surface area contributed by atoms with Crippen molar-refractivity contribution in [3.05, 3.63) is 52.5 Å². The molecule has 0 aliphatic rings. The van der Waals surface area contributed by atoms with E-state index in [0.29, 0.717) is 6.54 Å². The number of aromatic nitrogens is 1. The van der Waals surface area contributed by atoms with E-state index < -0.39 is 0 Å². The predicted octanol–water partition coefficient (Wildman–Crippen LogP) is 3.60. The molecule has 1 aromatic heterocycles. The minimum atomic E-state index is -0.372. The highest BCUT2D eigenvalue weighted by Crippen LogP contribution is 2.21. The van der Waals surface area contributed by atoms with Gasteiger partial charge in [0.15, 0.2) is 11.6 Å². The molecule has 0 spiro atoms. The van der Waals surface area contributed by atoms with E-state index in [9.17, 15) is 4.39 Å². The maximum absolute atomic E-state index is 13.2. The van der Waals surface area contributed by atoms with Crippen LogP contribution in [0.1, 0.15) is 5.69 Å². The Balaban J connectivity index is 2.06. The first-order valence-electron chi connectivity index (χ1n) is 5.38. The number of halogens is 2. The van der Waals surface area contributed by atoms with Crippen molar-refractivity contribution in [2.24, 2.45) is 0 Å². The second kappa shape index (κ2) is 5.82. The standard InChI is InChI=1S/C13H12BrFN2O/c1-18-12-7-9(5-6-11(12)15)16-8-10-3-2-4-13(14)17-10/h2-7,16H,8H2,1H3. The van der Waals surface area contributed by atoms with Gasteiger partial charge in [-0.15, -0.1) is 0 Å². The van der Waals surface area contributed by atoms with Crippen LogP contribution in [0.4, 0.5) is 10.1 Å². The van der Waals surface area contributed by atoms with Gasteiger partial charge in [-0.1, -0.05) is 6.07 Å². The molecular weight excluding hydrogens is 299 g/mol. The van der Waals surface area contributed by atoms with E-state index in [1.807, 2.05) is 18.2 Å². The summed E-state index contributed by atoms with van der Waals surface area (Å²) in [6, 6.07) is 10.3. The summed E-state index contributed by atoms with van der Waals surface area (Å²) in [6.45, 7) is 0.564. The third kappa shape index (κ3) is 3.20. The van der Waals surface area contributed by atoms with Crippen molar-refractivity contribution in [2.75, 3.05) is 12.4 Å². The zero-order chi connectivity index (χ0) is 13.0. The highest BCUT2D eigenvalue weighted by atomic mass is 79.9. The number of nitrogens with zero attached hydrogens (tertiary/aromatic N) is 1. The second-order valence-electron chi connectivity index (χ2n) is 3.65. The zero-order valence-corrected chi connectivity index (χ0v) is 11.4. The number of benzene rings is 1. The molecule has 0 aliphatic carbocycles. The molecule has 0 saturated heterocycles. The van der Waals surface area contributed by atoms with Gasteiger partial charge in [0.2, 0.25) is 0 Å². The first kappa shape index (κ1) is 12.8. The number of hydrogen-bond donors (Lipinski definition) is 1. The fourth-order valence-corrected chi connectivity index (χ4v) is 1.89. The van der Waals surface area contributed by atoms with Gasteiger partial charge in [-0.2, -0.15) is 0 Å². The van der Waals surface area contributed by atoms with Crippen LogP contribution >= 0.6 is 15.9 Å². The zero-order valence-electron chi connectivity index (χ0n) is 9.78. The number of ether oxygens (including phenoxy) is 1. The van der Waals surface area contributed by atoms with Gasteiger partial charge in [-0.25, -0.2) is 9.37 Å². The first-order valence-corrected chi connectivity index (χ1v) is 6.17. The van der Waals surface area contributed by atoms with Gasteiger partial charge in [0, 0.05) is 11.8 Å². The summed E-state index contributed by atoms with van der Waals surface area (Å²) in [5.74, 6) is -0.147. The van der Waals surface area contributed by atoms with Crippen molar-refractivity contribution in [3.8, 4) is 5.75 Å². The number of anilines is 1. The maximum Gasteiger partial charge on any atom is 0.165 e. The Morgan fingerprint density at radius 3 is 2.89 bits per heavy atom. The van der Waals surface area contributed by atoms with Crippen LogP contribution < -0.4 is 10.1 Å². The summed E-state index contributed by atoms with van der Waals surface area (Å²) < 4.78 is 18.9. The van der Waals surface area contributed by atoms with Crippen LogP contribution in [0.15, 0.2) is 41.0 Å². The molecule has 18 heavy (non-hydrogen) atoms. The molecule has 0 unspecified atom stereocenters. The highest BCUT2D eigenvalue weighted by Gasteiger charge is 2.03. The highest BCUT2D eigenvalue weighted by molar-refractivity contribution is 9.10. The summed E-state index contributed by atoms with van der Waals surface area (Å²) in [5.41, 5.74) is 1.68. The summed E-state index contributed by atoms with van der Waals surface area (Å²) in [6.07, 6.45) is 0. The average Bonchev–Trinajstić information content (AvgIpc) is 2.38. The van der Waals surface area contributed by atoms with E-state index in [-0.39, 0.29) is 11.6 Å². The van der Waals surface area contributed by atoms with Gasteiger partial charge in [-0.3, -0.25) is 0 Å². The molecule has 94 valence electrons. The normalized spacial score (nSPS) is 10.2. The number of rotatable bonds is 4. The Morgan fingerprint density at radius 2 is 2.17 bits per heavy atom. The van der Waals surface area contributed by atoms with Crippen LogP contribution in [0.3, 0.4) is 0 Å².